The number of carbonyl (C=O) groups is 1. The van der Waals surface area contributed by atoms with Gasteiger partial charge < -0.3 is 4.74 Å². The lowest BCUT2D eigenvalue weighted by Crippen LogP contribution is -2.04. The number of H-pyrrole nitrogens is 1. The minimum atomic E-state index is 0.0171. The van der Waals surface area contributed by atoms with Crippen molar-refractivity contribution in [1.82, 2.24) is 15.2 Å². The van der Waals surface area contributed by atoms with Crippen molar-refractivity contribution in [2.45, 2.75) is 43.7 Å². The Morgan fingerprint density at radius 3 is 2.91 bits per heavy atom. The van der Waals surface area contributed by atoms with Crippen molar-refractivity contribution in [1.29, 1.82) is 0 Å². The number of thioether (sulfide) groups is 1. The highest BCUT2D eigenvalue weighted by Gasteiger charge is 2.20. The van der Waals surface area contributed by atoms with Crippen LogP contribution in [0, 0.1) is 0 Å². The summed E-state index contributed by atoms with van der Waals surface area (Å²) in [6.07, 6.45) is 5.00. The Morgan fingerprint density at radius 1 is 1.35 bits per heavy atom. The summed E-state index contributed by atoms with van der Waals surface area (Å²) < 4.78 is 5.72. The topological polar surface area (TPSA) is 67.9 Å². The van der Waals surface area contributed by atoms with Gasteiger partial charge in [0.15, 0.2) is 5.78 Å². The number of ether oxygens (including phenoxy) is 1. The van der Waals surface area contributed by atoms with Gasteiger partial charge in [-0.25, -0.2) is 4.98 Å². The molecule has 0 saturated heterocycles. The lowest BCUT2D eigenvalue weighted by Gasteiger charge is -2.08. The monoisotopic (exact) mass is 331 g/mol. The molecule has 1 aliphatic rings. The second-order valence-electron chi connectivity index (χ2n) is 5.73. The number of benzene rings is 1. The van der Waals surface area contributed by atoms with Crippen molar-refractivity contribution in [2.24, 2.45) is 0 Å². The summed E-state index contributed by atoms with van der Waals surface area (Å²) in [5.74, 6) is 2.97. The Hall–Kier alpha value is -1.82. The molecule has 1 N–H and O–H groups in total. The molecule has 0 bridgehead atoms. The van der Waals surface area contributed by atoms with E-state index in [0.29, 0.717) is 23.8 Å². The molecule has 0 aliphatic heterocycles. The molecule has 2 aromatic rings. The van der Waals surface area contributed by atoms with E-state index in [-0.39, 0.29) is 5.78 Å². The molecule has 5 nitrogen and oxygen atoms in total. The predicted octanol–water partition coefficient (Wildman–Crippen LogP) is 3.84. The zero-order valence-electron chi connectivity index (χ0n) is 13.2. The van der Waals surface area contributed by atoms with E-state index in [2.05, 4.69) is 15.2 Å². The van der Waals surface area contributed by atoms with Crippen molar-refractivity contribution in [2.75, 3.05) is 12.4 Å². The molecule has 1 heterocycles. The van der Waals surface area contributed by atoms with Gasteiger partial charge in [0.2, 0.25) is 5.16 Å². The van der Waals surface area contributed by atoms with Crippen LogP contribution in [0.4, 0.5) is 0 Å². The Balaban J connectivity index is 1.48. The highest BCUT2D eigenvalue weighted by atomic mass is 32.2. The standard InChI is InChI=1S/C17H21N3O2S/c1-12(21)14-8-4-5-9-15(14)22-10-11-23-17-18-16(19-20-17)13-6-2-3-7-13/h4-5,8-9,13H,2-3,6-7,10-11H2,1H3,(H,18,19,20). The summed E-state index contributed by atoms with van der Waals surface area (Å²) in [5.41, 5.74) is 0.624. The van der Waals surface area contributed by atoms with Crippen molar-refractivity contribution < 1.29 is 9.53 Å². The van der Waals surface area contributed by atoms with Crippen LogP contribution >= 0.6 is 11.8 Å². The van der Waals surface area contributed by atoms with Crippen molar-refractivity contribution in [3.63, 3.8) is 0 Å². The maximum Gasteiger partial charge on any atom is 0.208 e. The van der Waals surface area contributed by atoms with E-state index in [4.69, 9.17) is 4.74 Å². The Kier molecular flexibility index (Phi) is 5.33. The van der Waals surface area contributed by atoms with Gasteiger partial charge in [-0.15, -0.1) is 5.10 Å². The van der Waals surface area contributed by atoms with Crippen LogP contribution in [0.2, 0.25) is 0 Å². The Bertz CT molecular complexity index is 665. The van der Waals surface area contributed by atoms with Crippen LogP contribution in [0.25, 0.3) is 0 Å². The molecule has 6 heteroatoms. The summed E-state index contributed by atoms with van der Waals surface area (Å²) in [6, 6.07) is 7.33. The van der Waals surface area contributed by atoms with Gasteiger partial charge in [0.25, 0.3) is 0 Å². The molecule has 1 aromatic heterocycles. The van der Waals surface area contributed by atoms with E-state index in [0.717, 1.165) is 16.7 Å². The number of hydrogen-bond donors (Lipinski definition) is 1. The fourth-order valence-corrected chi connectivity index (χ4v) is 3.49. The number of carbonyl (C=O) groups excluding carboxylic acids is 1. The van der Waals surface area contributed by atoms with Crippen LogP contribution in [0.3, 0.4) is 0 Å². The van der Waals surface area contributed by atoms with Crippen molar-refractivity contribution in [3.05, 3.63) is 35.7 Å². The predicted molar refractivity (Wildman–Crippen MR) is 90.3 cm³/mol. The molecule has 0 spiro atoms. The summed E-state index contributed by atoms with van der Waals surface area (Å²) in [6.45, 7) is 2.07. The molecule has 23 heavy (non-hydrogen) atoms. The average molecular weight is 331 g/mol. The molecule has 1 saturated carbocycles. The van der Waals surface area contributed by atoms with Crippen LogP contribution in [0.1, 0.15) is 54.7 Å². The quantitative estimate of drug-likeness (QED) is 0.474. The van der Waals surface area contributed by atoms with E-state index in [1.54, 1.807) is 24.8 Å². The highest BCUT2D eigenvalue weighted by molar-refractivity contribution is 7.99. The summed E-state index contributed by atoms with van der Waals surface area (Å²) in [4.78, 5) is 16.1. The third-order valence-electron chi connectivity index (χ3n) is 4.06. The highest BCUT2D eigenvalue weighted by Crippen LogP contribution is 2.32. The second-order valence-corrected chi connectivity index (χ2v) is 6.80. The minimum absolute atomic E-state index is 0.0171. The first kappa shape index (κ1) is 16.1. The Labute approximate surface area is 140 Å². The van der Waals surface area contributed by atoms with Crippen LogP contribution in [0.15, 0.2) is 29.4 Å². The zero-order chi connectivity index (χ0) is 16.1. The molecule has 3 rings (SSSR count). The fraction of sp³-hybridized carbons (Fsp3) is 0.471. The average Bonchev–Trinajstić information content (AvgIpc) is 3.23. The number of para-hydroxylation sites is 1. The molecular weight excluding hydrogens is 310 g/mol. The third kappa shape index (κ3) is 4.13. The Morgan fingerprint density at radius 2 is 2.13 bits per heavy atom. The van der Waals surface area contributed by atoms with Crippen LogP contribution in [-0.2, 0) is 0 Å². The van der Waals surface area contributed by atoms with Crippen molar-refractivity contribution in [3.8, 4) is 5.75 Å². The van der Waals surface area contributed by atoms with Gasteiger partial charge in [0.05, 0.1) is 12.2 Å². The first-order valence-corrected chi connectivity index (χ1v) is 9.00. The van der Waals surface area contributed by atoms with Gasteiger partial charge in [0, 0.05) is 11.7 Å². The van der Waals surface area contributed by atoms with Gasteiger partial charge in [-0.3, -0.25) is 9.89 Å². The molecule has 1 aliphatic carbocycles. The van der Waals surface area contributed by atoms with E-state index in [1.807, 2.05) is 18.2 Å². The number of nitrogens with one attached hydrogen (secondary N) is 1. The number of aromatic amines is 1. The van der Waals surface area contributed by atoms with E-state index >= 15 is 0 Å². The largest absolute Gasteiger partial charge is 0.492 e. The lowest BCUT2D eigenvalue weighted by atomic mass is 10.1. The maximum absolute atomic E-state index is 11.5. The zero-order valence-corrected chi connectivity index (χ0v) is 14.1. The van der Waals surface area contributed by atoms with E-state index in [1.165, 1.54) is 25.7 Å². The van der Waals surface area contributed by atoms with Gasteiger partial charge in [0.1, 0.15) is 11.6 Å². The first-order valence-electron chi connectivity index (χ1n) is 8.02. The normalized spacial score (nSPS) is 15.0. The van der Waals surface area contributed by atoms with Crippen molar-refractivity contribution >= 4 is 17.5 Å². The summed E-state index contributed by atoms with van der Waals surface area (Å²) in [7, 11) is 0. The molecule has 1 fully saturated rings. The summed E-state index contributed by atoms with van der Waals surface area (Å²) >= 11 is 1.57. The maximum atomic E-state index is 11.5. The number of nitrogens with zero attached hydrogens (tertiary/aromatic N) is 2. The van der Waals surface area contributed by atoms with Crippen LogP contribution in [-0.4, -0.2) is 33.3 Å². The number of rotatable bonds is 7. The van der Waals surface area contributed by atoms with E-state index in [9.17, 15) is 4.79 Å². The van der Waals surface area contributed by atoms with Crippen LogP contribution in [0.5, 0.6) is 5.75 Å². The molecule has 0 unspecified atom stereocenters. The molecular formula is C17H21N3O2S. The molecule has 0 radical (unpaired) electrons. The molecule has 0 amide bonds. The number of Topliss-reactive ketones (excluding diaryl/α,β-unsaturated/α-hetero) is 1. The SMILES string of the molecule is CC(=O)c1ccccc1OCCSc1n[nH]c(C2CCCC2)n1. The van der Waals surface area contributed by atoms with Gasteiger partial charge in [-0.05, 0) is 31.9 Å². The van der Waals surface area contributed by atoms with E-state index < -0.39 is 0 Å². The molecule has 122 valence electrons. The number of aromatic nitrogens is 3. The minimum Gasteiger partial charge on any atom is -0.492 e. The number of hydrogen-bond acceptors (Lipinski definition) is 5. The number of ketones is 1. The smallest absolute Gasteiger partial charge is 0.208 e. The first-order chi connectivity index (χ1) is 11.2. The lowest BCUT2D eigenvalue weighted by molar-refractivity contribution is 0.101. The molecule has 0 atom stereocenters. The van der Waals surface area contributed by atoms with Gasteiger partial charge in [-0.2, -0.15) is 0 Å². The third-order valence-corrected chi connectivity index (χ3v) is 4.87. The van der Waals surface area contributed by atoms with Gasteiger partial charge >= 0.3 is 0 Å². The van der Waals surface area contributed by atoms with Crippen LogP contribution < -0.4 is 4.74 Å². The molecule has 1 aromatic carbocycles. The fourth-order valence-electron chi connectivity index (χ4n) is 2.87. The summed E-state index contributed by atoms with van der Waals surface area (Å²) in [5, 5.41) is 8.10. The second kappa shape index (κ2) is 7.64. The van der Waals surface area contributed by atoms with Gasteiger partial charge in [-0.1, -0.05) is 36.7 Å².